The van der Waals surface area contributed by atoms with Crippen LogP contribution in [0.25, 0.3) is 0 Å². The Morgan fingerprint density at radius 1 is 1.24 bits per heavy atom. The average Bonchev–Trinajstić information content (AvgIpc) is 2.70. The second kappa shape index (κ2) is 5.70. The number of hydrogen-bond donors (Lipinski definition) is 2. The molecule has 0 atom stereocenters. The van der Waals surface area contributed by atoms with E-state index in [0.717, 1.165) is 5.56 Å². The van der Waals surface area contributed by atoms with Gasteiger partial charge in [0.25, 0.3) is 0 Å². The molecule has 17 heavy (non-hydrogen) atoms. The van der Waals surface area contributed by atoms with Gasteiger partial charge in [0.2, 0.25) is 10.0 Å². The molecule has 92 valence electrons. The van der Waals surface area contributed by atoms with Crippen molar-refractivity contribution in [2.45, 2.75) is 5.75 Å². The van der Waals surface area contributed by atoms with E-state index in [2.05, 4.69) is 14.9 Å². The molecule has 0 saturated carbocycles. The summed E-state index contributed by atoms with van der Waals surface area (Å²) >= 11 is 0. The molecular weight excluding hydrogens is 262 g/mol. The summed E-state index contributed by atoms with van der Waals surface area (Å²) in [4.78, 5) is 0. The smallest absolute Gasteiger partial charge is 0.237 e. The summed E-state index contributed by atoms with van der Waals surface area (Å²) in [7, 11) is -3.37. The molecule has 0 fully saturated rings. The van der Waals surface area contributed by atoms with Gasteiger partial charge in [0.1, 0.15) is 0 Å². The molecular formula is C10H12ClN3O2S. The van der Waals surface area contributed by atoms with E-state index in [4.69, 9.17) is 0 Å². The third-order valence-corrected chi connectivity index (χ3v) is 3.23. The highest BCUT2D eigenvalue weighted by molar-refractivity contribution is 7.91. The highest BCUT2D eigenvalue weighted by Crippen LogP contribution is 2.10. The number of halogens is 1. The topological polar surface area (TPSA) is 74.8 Å². The molecule has 0 radical (unpaired) electrons. The van der Waals surface area contributed by atoms with Crippen molar-refractivity contribution < 1.29 is 8.42 Å². The van der Waals surface area contributed by atoms with Gasteiger partial charge in [-0.25, -0.2) is 8.42 Å². The maximum atomic E-state index is 11.7. The number of benzene rings is 1. The van der Waals surface area contributed by atoms with Crippen LogP contribution in [0.15, 0.2) is 42.7 Å². The first-order valence-corrected chi connectivity index (χ1v) is 6.34. The molecule has 2 aromatic rings. The number of sulfonamides is 1. The minimum absolute atomic E-state index is 0. The molecule has 0 amide bonds. The molecule has 7 heteroatoms. The Morgan fingerprint density at radius 2 is 1.94 bits per heavy atom. The van der Waals surface area contributed by atoms with Gasteiger partial charge in [-0.3, -0.25) is 9.82 Å². The van der Waals surface area contributed by atoms with Crippen molar-refractivity contribution in [3.05, 3.63) is 48.3 Å². The molecule has 0 aliphatic rings. The molecule has 2 N–H and O–H groups in total. The fourth-order valence-electron chi connectivity index (χ4n) is 1.32. The van der Waals surface area contributed by atoms with Gasteiger partial charge >= 0.3 is 0 Å². The molecule has 0 unspecified atom stereocenters. The van der Waals surface area contributed by atoms with Gasteiger partial charge in [0.05, 0.1) is 17.6 Å². The lowest BCUT2D eigenvalue weighted by Gasteiger charge is -2.05. The summed E-state index contributed by atoms with van der Waals surface area (Å²) in [6.07, 6.45) is 2.91. The number of aromatic amines is 1. The molecule has 0 bridgehead atoms. The molecule has 2 rings (SSSR count). The predicted octanol–water partition coefficient (Wildman–Crippen LogP) is 1.77. The van der Waals surface area contributed by atoms with Crippen LogP contribution in [0, 0.1) is 0 Å². The fraction of sp³-hybridized carbons (Fsp3) is 0.100. The Balaban J connectivity index is 0.00000144. The van der Waals surface area contributed by atoms with Gasteiger partial charge in [-0.1, -0.05) is 30.3 Å². The summed E-state index contributed by atoms with van der Waals surface area (Å²) in [5.41, 5.74) is 1.19. The van der Waals surface area contributed by atoms with E-state index in [1.165, 1.54) is 12.4 Å². The van der Waals surface area contributed by atoms with Crippen molar-refractivity contribution in [1.82, 2.24) is 10.2 Å². The monoisotopic (exact) mass is 273 g/mol. The van der Waals surface area contributed by atoms with Crippen molar-refractivity contribution in [2.75, 3.05) is 4.72 Å². The lowest BCUT2D eigenvalue weighted by atomic mass is 10.2. The minimum Gasteiger partial charge on any atom is -0.284 e. The van der Waals surface area contributed by atoms with Crippen molar-refractivity contribution in [1.29, 1.82) is 0 Å². The highest BCUT2D eigenvalue weighted by atomic mass is 35.5. The van der Waals surface area contributed by atoms with Crippen molar-refractivity contribution in [3.63, 3.8) is 0 Å². The van der Waals surface area contributed by atoms with E-state index < -0.39 is 10.0 Å². The largest absolute Gasteiger partial charge is 0.284 e. The van der Waals surface area contributed by atoms with Gasteiger partial charge in [-0.2, -0.15) is 5.10 Å². The Kier molecular flexibility index (Phi) is 4.53. The van der Waals surface area contributed by atoms with Crippen molar-refractivity contribution in [2.24, 2.45) is 0 Å². The molecule has 1 aromatic carbocycles. The van der Waals surface area contributed by atoms with Crippen LogP contribution in [0.3, 0.4) is 0 Å². The zero-order chi connectivity index (χ0) is 11.4. The van der Waals surface area contributed by atoms with E-state index in [-0.39, 0.29) is 18.2 Å². The van der Waals surface area contributed by atoms with Gasteiger partial charge in [-0.15, -0.1) is 12.4 Å². The number of anilines is 1. The van der Waals surface area contributed by atoms with E-state index >= 15 is 0 Å². The number of nitrogens with one attached hydrogen (secondary N) is 2. The normalized spacial score (nSPS) is 10.6. The van der Waals surface area contributed by atoms with Gasteiger partial charge in [-0.05, 0) is 5.56 Å². The molecule has 5 nitrogen and oxygen atoms in total. The maximum absolute atomic E-state index is 11.7. The quantitative estimate of drug-likeness (QED) is 0.892. The van der Waals surface area contributed by atoms with Crippen molar-refractivity contribution >= 4 is 28.1 Å². The van der Waals surface area contributed by atoms with E-state index in [1.54, 1.807) is 12.1 Å². The minimum atomic E-state index is -3.37. The van der Waals surface area contributed by atoms with Crippen LogP contribution >= 0.6 is 12.4 Å². The van der Waals surface area contributed by atoms with E-state index in [9.17, 15) is 8.42 Å². The highest BCUT2D eigenvalue weighted by Gasteiger charge is 2.11. The molecule has 0 aliphatic carbocycles. The number of nitrogens with zero attached hydrogens (tertiary/aromatic N) is 1. The second-order valence-corrected chi connectivity index (χ2v) is 5.06. The third kappa shape index (κ3) is 4.08. The number of hydrogen-bond acceptors (Lipinski definition) is 3. The zero-order valence-electron chi connectivity index (χ0n) is 8.83. The van der Waals surface area contributed by atoms with Gasteiger partial charge in [0.15, 0.2) is 0 Å². The van der Waals surface area contributed by atoms with Crippen LogP contribution in [0.4, 0.5) is 5.69 Å². The lowest BCUT2D eigenvalue weighted by molar-refractivity contribution is 0.600. The molecule has 0 spiro atoms. The first-order chi connectivity index (χ1) is 7.66. The molecule has 1 aromatic heterocycles. The van der Waals surface area contributed by atoms with Crippen LogP contribution in [0.5, 0.6) is 0 Å². The number of H-pyrrole nitrogens is 1. The average molecular weight is 274 g/mol. The summed E-state index contributed by atoms with van der Waals surface area (Å²) in [5, 5.41) is 6.20. The zero-order valence-corrected chi connectivity index (χ0v) is 10.5. The van der Waals surface area contributed by atoms with Gasteiger partial charge < -0.3 is 0 Å². The Morgan fingerprint density at radius 3 is 2.53 bits per heavy atom. The third-order valence-electron chi connectivity index (χ3n) is 1.97. The Bertz CT molecular complexity index is 540. The van der Waals surface area contributed by atoms with E-state index in [0.29, 0.717) is 5.69 Å². The van der Waals surface area contributed by atoms with Crippen LogP contribution in [-0.4, -0.2) is 18.6 Å². The van der Waals surface area contributed by atoms with Crippen LogP contribution in [-0.2, 0) is 15.8 Å². The van der Waals surface area contributed by atoms with Crippen LogP contribution < -0.4 is 4.72 Å². The first kappa shape index (κ1) is 13.5. The summed E-state index contributed by atoms with van der Waals surface area (Å²) < 4.78 is 25.9. The molecule has 1 heterocycles. The summed E-state index contributed by atoms with van der Waals surface area (Å²) in [6, 6.07) is 9.01. The number of rotatable bonds is 4. The van der Waals surface area contributed by atoms with Gasteiger partial charge in [0, 0.05) is 6.20 Å². The summed E-state index contributed by atoms with van der Waals surface area (Å²) in [5.74, 6) is -0.0426. The number of aromatic nitrogens is 2. The van der Waals surface area contributed by atoms with Crippen LogP contribution in [0.1, 0.15) is 5.56 Å². The van der Waals surface area contributed by atoms with Crippen LogP contribution in [0.2, 0.25) is 0 Å². The predicted molar refractivity (Wildman–Crippen MR) is 68.5 cm³/mol. The standard InChI is InChI=1S/C10H11N3O2S.ClH/c14-16(15,13-10-6-11-12-7-10)8-9-4-2-1-3-5-9;/h1-7,13H,8H2,(H,11,12);1H. The first-order valence-electron chi connectivity index (χ1n) is 4.69. The Labute approximate surface area is 106 Å². The van der Waals surface area contributed by atoms with Crippen molar-refractivity contribution in [3.8, 4) is 0 Å². The SMILES string of the molecule is Cl.O=S(=O)(Cc1ccccc1)Nc1cn[nH]c1. The van der Waals surface area contributed by atoms with E-state index in [1.807, 2.05) is 18.2 Å². The second-order valence-electron chi connectivity index (χ2n) is 3.33. The Hall–Kier alpha value is -1.53. The summed E-state index contributed by atoms with van der Waals surface area (Å²) in [6.45, 7) is 0. The fourth-order valence-corrected chi connectivity index (χ4v) is 2.49. The lowest BCUT2D eigenvalue weighted by Crippen LogP contribution is -2.14. The maximum Gasteiger partial charge on any atom is 0.237 e. The molecule has 0 saturated heterocycles. The molecule has 0 aliphatic heterocycles.